The molecule has 0 fully saturated rings. The van der Waals surface area contributed by atoms with Crippen molar-refractivity contribution in [1.82, 2.24) is 4.72 Å². The Kier molecular flexibility index (Phi) is 4.83. The smallest absolute Gasteiger partial charge is 0.240 e. The van der Waals surface area contributed by atoms with E-state index in [2.05, 4.69) is 10.0 Å². The van der Waals surface area contributed by atoms with E-state index >= 15 is 0 Å². The summed E-state index contributed by atoms with van der Waals surface area (Å²) in [6, 6.07) is 19.7. The van der Waals surface area contributed by atoms with Crippen LogP contribution in [0.15, 0.2) is 71.6 Å². The van der Waals surface area contributed by atoms with Crippen LogP contribution in [-0.4, -0.2) is 14.3 Å². The van der Waals surface area contributed by atoms with Gasteiger partial charge in [0, 0.05) is 19.2 Å². The van der Waals surface area contributed by atoms with Crippen LogP contribution in [0.3, 0.4) is 0 Å². The largest absolute Gasteiger partial charge is 0.326 e. The first-order valence-corrected chi connectivity index (χ1v) is 9.28. The first-order chi connectivity index (χ1) is 12.0. The number of sulfonamides is 1. The van der Waals surface area contributed by atoms with Crippen LogP contribution in [-0.2, 0) is 21.4 Å². The van der Waals surface area contributed by atoms with E-state index in [9.17, 15) is 13.2 Å². The molecule has 0 bridgehead atoms. The molecule has 0 radical (unpaired) electrons. The van der Waals surface area contributed by atoms with Crippen LogP contribution in [0.2, 0.25) is 0 Å². The van der Waals surface area contributed by atoms with Gasteiger partial charge in [0.15, 0.2) is 0 Å². The molecule has 0 heterocycles. The SMILES string of the molecule is CC(=O)Nc1ccc(S(=O)(=O)NCc2cccc3ccccc23)cc1. The number of hydrogen-bond acceptors (Lipinski definition) is 3. The van der Waals surface area contributed by atoms with Gasteiger partial charge in [0.2, 0.25) is 15.9 Å². The van der Waals surface area contributed by atoms with Gasteiger partial charge in [-0.05, 0) is 40.6 Å². The maximum Gasteiger partial charge on any atom is 0.240 e. The maximum absolute atomic E-state index is 12.5. The molecule has 0 unspecified atom stereocenters. The summed E-state index contributed by atoms with van der Waals surface area (Å²) in [6.07, 6.45) is 0. The highest BCUT2D eigenvalue weighted by Gasteiger charge is 2.14. The summed E-state index contributed by atoms with van der Waals surface area (Å²) in [4.78, 5) is 11.2. The van der Waals surface area contributed by atoms with E-state index in [1.165, 1.54) is 19.1 Å². The Morgan fingerprint density at radius 2 is 1.60 bits per heavy atom. The lowest BCUT2D eigenvalue weighted by molar-refractivity contribution is -0.114. The Hall–Kier alpha value is -2.70. The Bertz CT molecular complexity index is 1010. The molecular weight excluding hydrogens is 336 g/mol. The van der Waals surface area contributed by atoms with Gasteiger partial charge in [0.05, 0.1) is 4.90 Å². The fourth-order valence-corrected chi connectivity index (χ4v) is 3.63. The Morgan fingerprint density at radius 1 is 0.920 bits per heavy atom. The number of benzene rings is 3. The van der Waals surface area contributed by atoms with Gasteiger partial charge >= 0.3 is 0 Å². The fraction of sp³-hybridized carbons (Fsp3) is 0.105. The van der Waals surface area contributed by atoms with Gasteiger partial charge in [-0.3, -0.25) is 4.79 Å². The summed E-state index contributed by atoms with van der Waals surface area (Å²) in [5.41, 5.74) is 1.47. The van der Waals surface area contributed by atoms with E-state index in [1.54, 1.807) is 12.1 Å². The lowest BCUT2D eigenvalue weighted by atomic mass is 10.1. The number of fused-ring (bicyclic) bond motifs is 1. The average Bonchev–Trinajstić information content (AvgIpc) is 2.60. The number of amides is 1. The Balaban J connectivity index is 1.78. The minimum absolute atomic E-state index is 0.154. The van der Waals surface area contributed by atoms with Crippen molar-refractivity contribution in [3.8, 4) is 0 Å². The molecule has 0 aliphatic rings. The van der Waals surface area contributed by atoms with E-state index < -0.39 is 10.0 Å². The Labute approximate surface area is 146 Å². The monoisotopic (exact) mass is 354 g/mol. The molecule has 2 N–H and O–H groups in total. The van der Waals surface area contributed by atoms with Crippen LogP contribution in [0, 0.1) is 0 Å². The van der Waals surface area contributed by atoms with Gasteiger partial charge in [0.25, 0.3) is 0 Å². The fourth-order valence-electron chi connectivity index (χ4n) is 2.62. The number of carbonyl (C=O) groups is 1. The summed E-state index contributed by atoms with van der Waals surface area (Å²) in [5, 5.41) is 4.70. The molecule has 25 heavy (non-hydrogen) atoms. The molecule has 5 nitrogen and oxygen atoms in total. The van der Waals surface area contributed by atoms with E-state index in [0.29, 0.717) is 5.69 Å². The topological polar surface area (TPSA) is 75.3 Å². The second-order valence-electron chi connectivity index (χ2n) is 5.67. The molecule has 0 spiro atoms. The van der Waals surface area contributed by atoms with Crippen molar-refractivity contribution in [2.75, 3.05) is 5.32 Å². The highest BCUT2D eigenvalue weighted by molar-refractivity contribution is 7.89. The van der Waals surface area contributed by atoms with Gasteiger partial charge in [-0.25, -0.2) is 13.1 Å². The summed E-state index contributed by atoms with van der Waals surface area (Å²) < 4.78 is 27.6. The van der Waals surface area contributed by atoms with Crippen molar-refractivity contribution in [2.24, 2.45) is 0 Å². The zero-order valence-corrected chi connectivity index (χ0v) is 14.5. The van der Waals surface area contributed by atoms with Crippen LogP contribution < -0.4 is 10.0 Å². The summed E-state index contributed by atoms with van der Waals surface area (Å²) >= 11 is 0. The molecular formula is C19H18N2O3S. The molecule has 0 saturated carbocycles. The standard InChI is InChI=1S/C19H18N2O3S/c1-14(22)21-17-9-11-18(12-10-17)25(23,24)20-13-16-7-4-6-15-5-2-3-8-19(15)16/h2-12,20H,13H2,1H3,(H,21,22). The number of hydrogen-bond donors (Lipinski definition) is 2. The molecule has 3 aromatic rings. The molecule has 0 atom stereocenters. The maximum atomic E-state index is 12.5. The third-order valence-corrected chi connectivity index (χ3v) is 5.23. The minimum Gasteiger partial charge on any atom is -0.326 e. The predicted molar refractivity (Wildman–Crippen MR) is 98.7 cm³/mol. The molecule has 0 aliphatic heterocycles. The highest BCUT2D eigenvalue weighted by Crippen LogP contribution is 2.19. The second kappa shape index (κ2) is 7.04. The number of nitrogens with one attached hydrogen (secondary N) is 2. The molecule has 3 rings (SSSR count). The van der Waals surface area contributed by atoms with Gasteiger partial charge < -0.3 is 5.32 Å². The van der Waals surface area contributed by atoms with Crippen molar-refractivity contribution >= 4 is 32.4 Å². The summed E-state index contributed by atoms with van der Waals surface area (Å²) in [7, 11) is -3.64. The molecule has 1 amide bonds. The van der Waals surface area contributed by atoms with E-state index in [0.717, 1.165) is 16.3 Å². The first kappa shape index (κ1) is 17.1. The van der Waals surface area contributed by atoms with Crippen LogP contribution >= 0.6 is 0 Å². The van der Waals surface area contributed by atoms with E-state index in [1.807, 2.05) is 42.5 Å². The predicted octanol–water partition coefficient (Wildman–Crippen LogP) is 3.28. The molecule has 0 aliphatic carbocycles. The zero-order chi connectivity index (χ0) is 17.9. The van der Waals surface area contributed by atoms with E-state index in [4.69, 9.17) is 0 Å². The summed E-state index contributed by atoms with van der Waals surface area (Å²) in [5.74, 6) is -0.204. The molecule has 0 saturated heterocycles. The zero-order valence-electron chi connectivity index (χ0n) is 13.7. The van der Waals surface area contributed by atoms with Crippen molar-refractivity contribution in [1.29, 1.82) is 0 Å². The second-order valence-corrected chi connectivity index (χ2v) is 7.44. The minimum atomic E-state index is -3.64. The van der Waals surface area contributed by atoms with Crippen molar-refractivity contribution in [3.05, 3.63) is 72.3 Å². The van der Waals surface area contributed by atoms with Crippen LogP contribution in [0.1, 0.15) is 12.5 Å². The van der Waals surface area contributed by atoms with Crippen molar-refractivity contribution < 1.29 is 13.2 Å². The Morgan fingerprint density at radius 3 is 2.32 bits per heavy atom. The lowest BCUT2D eigenvalue weighted by Crippen LogP contribution is -2.23. The van der Waals surface area contributed by atoms with Gasteiger partial charge in [0.1, 0.15) is 0 Å². The average molecular weight is 354 g/mol. The van der Waals surface area contributed by atoms with Crippen molar-refractivity contribution in [2.45, 2.75) is 18.4 Å². The number of rotatable bonds is 5. The quantitative estimate of drug-likeness (QED) is 0.738. The molecule has 6 heteroatoms. The molecule has 0 aromatic heterocycles. The normalized spacial score (nSPS) is 11.4. The third kappa shape index (κ3) is 4.04. The van der Waals surface area contributed by atoms with Crippen LogP contribution in [0.25, 0.3) is 10.8 Å². The van der Waals surface area contributed by atoms with Gasteiger partial charge in [-0.1, -0.05) is 42.5 Å². The molecule has 3 aromatic carbocycles. The number of anilines is 1. The van der Waals surface area contributed by atoms with Crippen molar-refractivity contribution in [3.63, 3.8) is 0 Å². The van der Waals surface area contributed by atoms with Crippen LogP contribution in [0.5, 0.6) is 0 Å². The summed E-state index contributed by atoms with van der Waals surface area (Å²) in [6.45, 7) is 1.60. The van der Waals surface area contributed by atoms with E-state index in [-0.39, 0.29) is 17.3 Å². The third-order valence-electron chi connectivity index (χ3n) is 3.82. The van der Waals surface area contributed by atoms with Crippen LogP contribution in [0.4, 0.5) is 5.69 Å². The lowest BCUT2D eigenvalue weighted by Gasteiger charge is -2.10. The number of carbonyl (C=O) groups excluding carboxylic acids is 1. The van der Waals surface area contributed by atoms with Gasteiger partial charge in [-0.15, -0.1) is 0 Å². The highest BCUT2D eigenvalue weighted by atomic mass is 32.2. The molecule has 128 valence electrons. The van der Waals surface area contributed by atoms with Gasteiger partial charge in [-0.2, -0.15) is 0 Å². The first-order valence-electron chi connectivity index (χ1n) is 7.80.